The van der Waals surface area contributed by atoms with E-state index in [-0.39, 0.29) is 13.0 Å². The highest BCUT2D eigenvalue weighted by molar-refractivity contribution is 5.75. The first-order valence-electron chi connectivity index (χ1n) is 6.71. The van der Waals surface area contributed by atoms with Crippen LogP contribution in [0, 0.1) is 0 Å². The summed E-state index contributed by atoms with van der Waals surface area (Å²) in [7, 11) is 0. The molecule has 0 saturated heterocycles. The summed E-state index contributed by atoms with van der Waals surface area (Å²) in [6.45, 7) is 4.46. The third kappa shape index (κ3) is 2.95. The van der Waals surface area contributed by atoms with Gasteiger partial charge in [0.2, 0.25) is 0 Å². The van der Waals surface area contributed by atoms with Crippen LogP contribution in [0.25, 0.3) is 11.0 Å². The number of para-hydroxylation sites is 2. The number of hydrogen-bond donors (Lipinski definition) is 1. The van der Waals surface area contributed by atoms with E-state index in [0.29, 0.717) is 12.4 Å². The number of aryl methyl sites for hydroxylation is 1. The molecule has 0 aliphatic carbocycles. The number of imidazole rings is 1. The topological polar surface area (TPSA) is 29.9 Å². The first kappa shape index (κ1) is 14.8. The standard InChI is InChI=1S/C14H18F3N3/c1-3-18-12(14(15,16)17)9-13-19-10-7-5-6-8-11(10)20(13)4-2/h5-8,12,18H,3-4,9H2,1-2H3. The monoisotopic (exact) mass is 285 g/mol. The highest BCUT2D eigenvalue weighted by atomic mass is 19.4. The van der Waals surface area contributed by atoms with E-state index in [0.717, 1.165) is 11.0 Å². The van der Waals surface area contributed by atoms with E-state index in [1.165, 1.54) is 0 Å². The van der Waals surface area contributed by atoms with Crippen molar-refractivity contribution >= 4 is 11.0 Å². The number of nitrogens with zero attached hydrogens (tertiary/aromatic N) is 2. The summed E-state index contributed by atoms with van der Waals surface area (Å²) >= 11 is 0. The predicted molar refractivity (Wildman–Crippen MR) is 72.6 cm³/mol. The summed E-state index contributed by atoms with van der Waals surface area (Å²) in [6.07, 6.45) is -4.42. The summed E-state index contributed by atoms with van der Waals surface area (Å²) in [5.41, 5.74) is 1.61. The van der Waals surface area contributed by atoms with Gasteiger partial charge in [0, 0.05) is 13.0 Å². The van der Waals surface area contributed by atoms with Gasteiger partial charge in [-0.1, -0.05) is 19.1 Å². The van der Waals surface area contributed by atoms with E-state index in [1.807, 2.05) is 35.8 Å². The molecule has 1 aromatic heterocycles. The van der Waals surface area contributed by atoms with Gasteiger partial charge in [-0.3, -0.25) is 0 Å². The Morgan fingerprint density at radius 3 is 2.55 bits per heavy atom. The van der Waals surface area contributed by atoms with Crippen molar-refractivity contribution in [3.05, 3.63) is 30.1 Å². The molecule has 0 spiro atoms. The van der Waals surface area contributed by atoms with E-state index in [9.17, 15) is 13.2 Å². The van der Waals surface area contributed by atoms with E-state index >= 15 is 0 Å². The molecule has 0 aliphatic rings. The van der Waals surface area contributed by atoms with E-state index in [1.54, 1.807) is 6.92 Å². The molecule has 1 N–H and O–H groups in total. The van der Waals surface area contributed by atoms with Gasteiger partial charge in [-0.2, -0.15) is 13.2 Å². The summed E-state index contributed by atoms with van der Waals surface area (Å²) in [6, 6.07) is 5.84. The second-order valence-electron chi connectivity index (χ2n) is 4.62. The molecule has 0 radical (unpaired) electrons. The number of fused-ring (bicyclic) bond motifs is 1. The molecule has 1 unspecified atom stereocenters. The van der Waals surface area contributed by atoms with Gasteiger partial charge in [0.25, 0.3) is 0 Å². The molecule has 1 heterocycles. The normalized spacial score (nSPS) is 13.8. The third-order valence-corrected chi connectivity index (χ3v) is 3.28. The number of halogens is 3. The van der Waals surface area contributed by atoms with Crippen molar-refractivity contribution in [2.45, 2.75) is 39.0 Å². The largest absolute Gasteiger partial charge is 0.404 e. The Labute approximate surface area is 115 Å². The zero-order valence-electron chi connectivity index (χ0n) is 11.5. The van der Waals surface area contributed by atoms with Gasteiger partial charge in [0.1, 0.15) is 11.9 Å². The molecule has 0 aliphatic heterocycles. The van der Waals surface area contributed by atoms with Crippen LogP contribution in [0.2, 0.25) is 0 Å². The van der Waals surface area contributed by atoms with Crippen molar-refractivity contribution in [1.82, 2.24) is 14.9 Å². The van der Waals surface area contributed by atoms with Crippen LogP contribution in [0.1, 0.15) is 19.7 Å². The van der Waals surface area contributed by atoms with E-state index in [2.05, 4.69) is 10.3 Å². The third-order valence-electron chi connectivity index (χ3n) is 3.28. The Hall–Kier alpha value is -1.56. The summed E-state index contributed by atoms with van der Waals surface area (Å²) in [4.78, 5) is 4.34. The lowest BCUT2D eigenvalue weighted by Gasteiger charge is -2.21. The Morgan fingerprint density at radius 2 is 1.95 bits per heavy atom. The van der Waals surface area contributed by atoms with Gasteiger partial charge < -0.3 is 9.88 Å². The minimum Gasteiger partial charge on any atom is -0.328 e. The molecule has 0 amide bonds. The van der Waals surface area contributed by atoms with Gasteiger partial charge in [-0.15, -0.1) is 0 Å². The molecule has 0 fully saturated rings. The van der Waals surface area contributed by atoms with Crippen LogP contribution < -0.4 is 5.32 Å². The highest BCUT2D eigenvalue weighted by Gasteiger charge is 2.39. The first-order chi connectivity index (χ1) is 9.47. The zero-order chi connectivity index (χ0) is 14.8. The van der Waals surface area contributed by atoms with Gasteiger partial charge in [0.05, 0.1) is 11.0 Å². The lowest BCUT2D eigenvalue weighted by atomic mass is 10.2. The smallest absolute Gasteiger partial charge is 0.328 e. The summed E-state index contributed by atoms with van der Waals surface area (Å²) < 4.78 is 40.8. The Morgan fingerprint density at radius 1 is 1.25 bits per heavy atom. The molecule has 2 rings (SSSR count). The zero-order valence-corrected chi connectivity index (χ0v) is 11.5. The Balaban J connectivity index is 2.36. The number of nitrogens with one attached hydrogen (secondary N) is 1. The number of benzene rings is 1. The molecule has 3 nitrogen and oxygen atoms in total. The number of rotatable bonds is 5. The quantitative estimate of drug-likeness (QED) is 0.914. The molecule has 0 bridgehead atoms. The number of hydrogen-bond acceptors (Lipinski definition) is 2. The molecule has 1 aromatic carbocycles. The first-order valence-corrected chi connectivity index (χ1v) is 6.71. The maximum absolute atomic E-state index is 13.0. The Kier molecular flexibility index (Phi) is 4.32. The second kappa shape index (κ2) is 5.83. The van der Waals surface area contributed by atoms with E-state index in [4.69, 9.17) is 0 Å². The van der Waals surface area contributed by atoms with Crippen LogP contribution >= 0.6 is 0 Å². The molecular weight excluding hydrogens is 267 g/mol. The fourth-order valence-electron chi connectivity index (χ4n) is 2.37. The summed E-state index contributed by atoms with van der Waals surface area (Å²) in [5.74, 6) is 0.469. The molecule has 1 atom stereocenters. The van der Waals surface area contributed by atoms with Crippen LogP contribution in [0.5, 0.6) is 0 Å². The van der Waals surface area contributed by atoms with Crippen LogP contribution in [-0.4, -0.2) is 28.3 Å². The fraction of sp³-hybridized carbons (Fsp3) is 0.500. The van der Waals surface area contributed by atoms with E-state index < -0.39 is 12.2 Å². The Bertz CT molecular complexity index is 575. The molecular formula is C14H18F3N3. The van der Waals surface area contributed by atoms with Crippen LogP contribution in [0.3, 0.4) is 0 Å². The maximum atomic E-state index is 13.0. The molecule has 2 aromatic rings. The second-order valence-corrected chi connectivity index (χ2v) is 4.62. The number of likely N-dealkylation sites (N-methyl/N-ethyl adjacent to an activating group) is 1. The minimum atomic E-state index is -4.27. The van der Waals surface area contributed by atoms with Crippen LogP contribution in [0.4, 0.5) is 13.2 Å². The average Bonchev–Trinajstić information content (AvgIpc) is 2.74. The molecule has 0 saturated carbocycles. The van der Waals surface area contributed by atoms with Crippen molar-refractivity contribution < 1.29 is 13.2 Å². The lowest BCUT2D eigenvalue weighted by molar-refractivity contribution is -0.155. The van der Waals surface area contributed by atoms with Crippen molar-refractivity contribution in [2.24, 2.45) is 0 Å². The van der Waals surface area contributed by atoms with Gasteiger partial charge >= 0.3 is 6.18 Å². The highest BCUT2D eigenvalue weighted by Crippen LogP contribution is 2.24. The van der Waals surface area contributed by atoms with Crippen LogP contribution in [-0.2, 0) is 13.0 Å². The fourth-order valence-corrected chi connectivity index (χ4v) is 2.37. The van der Waals surface area contributed by atoms with Crippen molar-refractivity contribution in [1.29, 1.82) is 0 Å². The molecule has 20 heavy (non-hydrogen) atoms. The minimum absolute atomic E-state index is 0.153. The van der Waals surface area contributed by atoms with Crippen molar-refractivity contribution in [3.8, 4) is 0 Å². The molecule has 6 heteroatoms. The van der Waals surface area contributed by atoms with Gasteiger partial charge in [-0.05, 0) is 25.6 Å². The van der Waals surface area contributed by atoms with Gasteiger partial charge in [0.15, 0.2) is 0 Å². The van der Waals surface area contributed by atoms with Gasteiger partial charge in [-0.25, -0.2) is 4.98 Å². The summed E-state index contributed by atoms with van der Waals surface area (Å²) in [5, 5.41) is 2.49. The molecule has 110 valence electrons. The SMILES string of the molecule is CCNC(Cc1nc2ccccc2n1CC)C(F)(F)F. The van der Waals surface area contributed by atoms with Crippen molar-refractivity contribution in [3.63, 3.8) is 0 Å². The lowest BCUT2D eigenvalue weighted by Crippen LogP contribution is -2.44. The maximum Gasteiger partial charge on any atom is 0.404 e. The average molecular weight is 285 g/mol. The van der Waals surface area contributed by atoms with Crippen LogP contribution in [0.15, 0.2) is 24.3 Å². The van der Waals surface area contributed by atoms with Crippen molar-refractivity contribution in [2.75, 3.05) is 6.54 Å². The number of aromatic nitrogens is 2. The predicted octanol–water partition coefficient (Wildman–Crippen LogP) is 3.14. The number of alkyl halides is 3.